The lowest BCUT2D eigenvalue weighted by atomic mass is 10.1. The van der Waals surface area contributed by atoms with Crippen molar-refractivity contribution in [2.45, 2.75) is 52.7 Å². The lowest BCUT2D eigenvalue weighted by molar-refractivity contribution is -0.260. The van der Waals surface area contributed by atoms with E-state index in [0.717, 1.165) is 0 Å². The van der Waals surface area contributed by atoms with E-state index in [-0.39, 0.29) is 0 Å². The van der Waals surface area contributed by atoms with Gasteiger partial charge in [-0.3, -0.25) is 4.99 Å². The van der Waals surface area contributed by atoms with Crippen LogP contribution in [0.4, 0.5) is 0 Å². The fourth-order valence-electron chi connectivity index (χ4n) is 1.05. The minimum absolute atomic E-state index is 0.325. The summed E-state index contributed by atoms with van der Waals surface area (Å²) in [5.74, 6) is 0.325. The second kappa shape index (κ2) is 5.73. The minimum atomic E-state index is -0.666. The number of carbonyl (C=O) groups excluding carboxylic acids is 1. The van der Waals surface area contributed by atoms with E-state index in [0.29, 0.717) is 18.6 Å². The van der Waals surface area contributed by atoms with Crippen molar-refractivity contribution in [3.63, 3.8) is 0 Å². The van der Waals surface area contributed by atoms with E-state index >= 15 is 0 Å². The molecule has 0 unspecified atom stereocenters. The van der Waals surface area contributed by atoms with Crippen LogP contribution in [0.25, 0.3) is 0 Å². The number of ether oxygens (including phenoxy) is 1. The fraction of sp³-hybridized carbons (Fsp3) is 0.818. The molecule has 0 bridgehead atoms. The van der Waals surface area contributed by atoms with Gasteiger partial charge in [0.25, 0.3) is 0 Å². The molecular formula is C11H20NO3-. The summed E-state index contributed by atoms with van der Waals surface area (Å²) in [5.41, 5.74) is -0.564. The number of aliphatic imine (C=N–C) groups is 1. The molecule has 0 aliphatic heterocycles. The third kappa shape index (κ3) is 7.97. The third-order valence-corrected chi connectivity index (χ3v) is 1.53. The zero-order valence-corrected chi connectivity index (χ0v) is 10.1. The molecule has 0 fully saturated rings. The van der Waals surface area contributed by atoms with Crippen LogP contribution in [0.5, 0.6) is 0 Å². The van der Waals surface area contributed by atoms with Crippen LogP contribution in [-0.4, -0.2) is 24.0 Å². The smallest absolute Gasteiger partial charge is 0.146 e. The fourth-order valence-corrected chi connectivity index (χ4v) is 1.05. The van der Waals surface area contributed by atoms with E-state index in [9.17, 15) is 9.90 Å². The molecular weight excluding hydrogens is 194 g/mol. The second-order valence-electron chi connectivity index (χ2n) is 4.94. The molecule has 0 aromatic carbocycles. The number of rotatable bonds is 4. The molecule has 0 N–H and O–H groups in total. The molecule has 0 saturated heterocycles. The van der Waals surface area contributed by atoms with Gasteiger partial charge in [0.1, 0.15) is 18.4 Å². The number of nitrogens with zero attached hydrogens (tertiary/aromatic N) is 1. The van der Waals surface area contributed by atoms with Crippen molar-refractivity contribution in [2.24, 2.45) is 10.9 Å². The first-order valence-corrected chi connectivity index (χ1v) is 5.13. The Hall–Kier alpha value is -1.06. The summed E-state index contributed by atoms with van der Waals surface area (Å²) in [6.45, 7) is 9.23. The maximum Gasteiger partial charge on any atom is 0.146 e. The van der Waals surface area contributed by atoms with Crippen LogP contribution >= 0.6 is 0 Å². The number of hydrogen-bond acceptors (Lipinski definition) is 4. The van der Waals surface area contributed by atoms with Crippen molar-refractivity contribution in [3.8, 4) is 0 Å². The van der Waals surface area contributed by atoms with Crippen LogP contribution in [0.2, 0.25) is 0 Å². The summed E-state index contributed by atoms with van der Waals surface area (Å²) >= 11 is 0. The van der Waals surface area contributed by atoms with E-state index in [4.69, 9.17) is 4.74 Å². The van der Waals surface area contributed by atoms with Crippen LogP contribution in [0, 0.1) is 5.92 Å². The molecule has 0 aromatic heterocycles. The zero-order valence-electron chi connectivity index (χ0n) is 10.1. The summed E-state index contributed by atoms with van der Waals surface area (Å²) in [6, 6.07) is -0.583. The Morgan fingerprint density at radius 1 is 1.47 bits per heavy atom. The van der Waals surface area contributed by atoms with Crippen LogP contribution < -0.4 is 5.11 Å². The van der Waals surface area contributed by atoms with E-state index in [1.165, 1.54) is 0 Å². The maximum absolute atomic E-state index is 11.3. The highest BCUT2D eigenvalue weighted by Crippen LogP contribution is 2.09. The quantitative estimate of drug-likeness (QED) is 0.400. The summed E-state index contributed by atoms with van der Waals surface area (Å²) in [5, 5.41) is 11.3. The third-order valence-electron chi connectivity index (χ3n) is 1.53. The molecule has 0 radical (unpaired) electrons. The maximum atomic E-state index is 11.3. The van der Waals surface area contributed by atoms with Gasteiger partial charge < -0.3 is 14.6 Å². The highest BCUT2D eigenvalue weighted by molar-refractivity contribution is 5.67. The summed E-state index contributed by atoms with van der Waals surface area (Å²) in [6.07, 6.45) is 0.590. The highest BCUT2D eigenvalue weighted by atomic mass is 16.6. The van der Waals surface area contributed by atoms with Crippen LogP contribution in [0.1, 0.15) is 41.0 Å². The van der Waals surface area contributed by atoms with Gasteiger partial charge in [0, 0.05) is 5.60 Å². The molecule has 0 heterocycles. The van der Waals surface area contributed by atoms with Gasteiger partial charge in [0.05, 0.1) is 0 Å². The molecule has 0 rings (SSSR count). The first-order chi connectivity index (χ1) is 6.74. The van der Waals surface area contributed by atoms with Gasteiger partial charge in [-0.05, 0) is 12.3 Å². The largest absolute Gasteiger partial charge is 0.595 e. The highest BCUT2D eigenvalue weighted by Gasteiger charge is 2.09. The van der Waals surface area contributed by atoms with Crippen molar-refractivity contribution in [2.75, 3.05) is 0 Å². The van der Waals surface area contributed by atoms with Gasteiger partial charge in [0.15, 0.2) is 0 Å². The summed E-state index contributed by atoms with van der Waals surface area (Å²) in [7, 11) is 0. The predicted molar refractivity (Wildman–Crippen MR) is 57.6 cm³/mol. The molecule has 4 heteroatoms. The molecule has 0 aliphatic carbocycles. The lowest BCUT2D eigenvalue weighted by Gasteiger charge is -2.30. The van der Waals surface area contributed by atoms with Gasteiger partial charge in [-0.2, -0.15) is 0 Å². The molecule has 4 nitrogen and oxygen atoms in total. The topological polar surface area (TPSA) is 61.7 Å². The first kappa shape index (κ1) is 13.9. The average molecular weight is 214 g/mol. The first-order valence-electron chi connectivity index (χ1n) is 5.13. The molecule has 1 atom stereocenters. The Morgan fingerprint density at radius 3 is 2.33 bits per heavy atom. The SMILES string of the molecule is CC(C)C[C@@H](C=O)N=C([O-])OC(C)(C)C. The Bertz CT molecular complexity index is 228. The van der Waals surface area contributed by atoms with E-state index in [1.807, 2.05) is 13.8 Å². The van der Waals surface area contributed by atoms with E-state index < -0.39 is 17.7 Å². The van der Waals surface area contributed by atoms with Crippen molar-refractivity contribution >= 4 is 12.4 Å². The number of aldehydes is 1. The molecule has 0 spiro atoms. The molecule has 88 valence electrons. The Labute approximate surface area is 91.4 Å². The predicted octanol–water partition coefficient (Wildman–Crippen LogP) is 1.13. The van der Waals surface area contributed by atoms with Crippen molar-refractivity contribution in [1.29, 1.82) is 0 Å². The molecule has 0 amide bonds. The van der Waals surface area contributed by atoms with Gasteiger partial charge in [-0.15, -0.1) is 0 Å². The van der Waals surface area contributed by atoms with Crippen LogP contribution in [0.15, 0.2) is 4.99 Å². The van der Waals surface area contributed by atoms with Gasteiger partial charge in [0.2, 0.25) is 0 Å². The normalized spacial score (nSPS) is 15.2. The van der Waals surface area contributed by atoms with Crippen LogP contribution in [-0.2, 0) is 9.53 Å². The zero-order chi connectivity index (χ0) is 12.1. The van der Waals surface area contributed by atoms with E-state index in [1.54, 1.807) is 20.8 Å². The van der Waals surface area contributed by atoms with Crippen molar-refractivity contribution in [1.82, 2.24) is 0 Å². The molecule has 0 aromatic rings. The Kier molecular flexibility index (Phi) is 5.33. The summed E-state index contributed by atoms with van der Waals surface area (Å²) < 4.78 is 4.99. The van der Waals surface area contributed by atoms with Crippen molar-refractivity contribution < 1.29 is 14.6 Å². The monoisotopic (exact) mass is 214 g/mol. The lowest BCUT2D eigenvalue weighted by Crippen LogP contribution is -2.33. The molecule has 0 aliphatic rings. The van der Waals surface area contributed by atoms with Crippen molar-refractivity contribution in [3.05, 3.63) is 0 Å². The standard InChI is InChI=1S/C11H21NO3/c1-8(2)6-9(7-13)12-10(14)15-11(3,4)5/h7-9H,6H2,1-5H3,(H,12,14)/p-1/t9-/m0/s1. The minimum Gasteiger partial charge on any atom is -0.595 e. The molecule has 15 heavy (non-hydrogen) atoms. The second-order valence-corrected chi connectivity index (χ2v) is 4.94. The molecule has 0 saturated carbocycles. The Morgan fingerprint density at radius 2 is 2.00 bits per heavy atom. The van der Waals surface area contributed by atoms with Gasteiger partial charge >= 0.3 is 0 Å². The van der Waals surface area contributed by atoms with E-state index in [2.05, 4.69) is 4.99 Å². The summed E-state index contributed by atoms with van der Waals surface area (Å²) in [4.78, 5) is 14.3. The number of carbonyl (C=O) groups is 1. The average Bonchev–Trinajstić information content (AvgIpc) is 1.98. The van der Waals surface area contributed by atoms with Gasteiger partial charge in [-0.1, -0.05) is 34.6 Å². The Balaban J connectivity index is 4.35. The van der Waals surface area contributed by atoms with Crippen LogP contribution in [0.3, 0.4) is 0 Å². The van der Waals surface area contributed by atoms with Gasteiger partial charge in [-0.25, -0.2) is 0 Å². The number of hydrogen-bond donors (Lipinski definition) is 0.